The summed E-state index contributed by atoms with van der Waals surface area (Å²) in [6.07, 6.45) is 0. The number of nitrogens with one attached hydrogen (secondary N) is 1. The van der Waals surface area contributed by atoms with Crippen molar-refractivity contribution >= 4 is 28.5 Å². The minimum atomic E-state index is -0.693. The van der Waals surface area contributed by atoms with E-state index in [0.29, 0.717) is 16.6 Å². The van der Waals surface area contributed by atoms with Crippen LogP contribution >= 0.6 is 0 Å². The molecule has 27 heavy (non-hydrogen) atoms. The minimum Gasteiger partial charge on any atom is -0.483 e. The molecule has 138 valence electrons. The number of fused-ring (bicyclic) bond motifs is 1. The standard InChI is InChI=1S/C19H14F2N2O4/c1-26-19(25)16-9-17(14-8-12(21)4-7-15(14)23-16)27-10-18(24)22-13-5-2-11(20)3-6-13/h2-9H,10H2,1H3,(H,22,24). The number of anilines is 1. The van der Waals surface area contributed by atoms with Gasteiger partial charge < -0.3 is 14.8 Å². The number of halogens is 2. The van der Waals surface area contributed by atoms with Crippen molar-refractivity contribution in [2.75, 3.05) is 19.0 Å². The van der Waals surface area contributed by atoms with E-state index in [1.165, 1.54) is 55.6 Å². The van der Waals surface area contributed by atoms with Gasteiger partial charge >= 0.3 is 5.97 Å². The molecular weight excluding hydrogens is 358 g/mol. The number of benzene rings is 2. The number of rotatable bonds is 5. The van der Waals surface area contributed by atoms with Crippen LogP contribution in [0.4, 0.5) is 14.5 Å². The maximum Gasteiger partial charge on any atom is 0.356 e. The number of amides is 1. The van der Waals surface area contributed by atoms with E-state index in [4.69, 9.17) is 4.74 Å². The molecular formula is C19H14F2N2O4. The van der Waals surface area contributed by atoms with Gasteiger partial charge in [-0.3, -0.25) is 4.79 Å². The van der Waals surface area contributed by atoms with E-state index < -0.39 is 30.1 Å². The molecule has 3 rings (SSSR count). The molecule has 0 aliphatic rings. The normalized spacial score (nSPS) is 10.5. The van der Waals surface area contributed by atoms with Gasteiger partial charge in [0.05, 0.1) is 12.6 Å². The molecule has 1 aromatic heterocycles. The van der Waals surface area contributed by atoms with Gasteiger partial charge in [-0.15, -0.1) is 0 Å². The van der Waals surface area contributed by atoms with Gasteiger partial charge in [-0.25, -0.2) is 18.6 Å². The van der Waals surface area contributed by atoms with Crippen LogP contribution in [0, 0.1) is 11.6 Å². The van der Waals surface area contributed by atoms with E-state index in [1.54, 1.807) is 0 Å². The number of esters is 1. The highest BCUT2D eigenvalue weighted by Gasteiger charge is 2.15. The second kappa shape index (κ2) is 7.77. The molecule has 3 aromatic rings. The zero-order valence-corrected chi connectivity index (χ0v) is 14.2. The Kier molecular flexibility index (Phi) is 5.25. The fourth-order valence-corrected chi connectivity index (χ4v) is 2.37. The number of hydrogen-bond acceptors (Lipinski definition) is 5. The maximum atomic E-state index is 13.6. The predicted molar refractivity (Wildman–Crippen MR) is 93.6 cm³/mol. The fraction of sp³-hybridized carbons (Fsp3) is 0.105. The van der Waals surface area contributed by atoms with Gasteiger partial charge in [0.1, 0.15) is 17.4 Å². The zero-order valence-electron chi connectivity index (χ0n) is 14.2. The predicted octanol–water partition coefficient (Wildman–Crippen LogP) is 3.32. The molecule has 1 amide bonds. The van der Waals surface area contributed by atoms with Crippen molar-refractivity contribution < 1.29 is 27.8 Å². The third kappa shape index (κ3) is 4.35. The van der Waals surface area contributed by atoms with Crippen LogP contribution in [0.3, 0.4) is 0 Å². The maximum absolute atomic E-state index is 13.6. The van der Waals surface area contributed by atoms with Crippen molar-refractivity contribution in [2.45, 2.75) is 0 Å². The quantitative estimate of drug-likeness (QED) is 0.696. The van der Waals surface area contributed by atoms with Crippen LogP contribution in [-0.4, -0.2) is 30.6 Å². The first kappa shape index (κ1) is 18.2. The summed E-state index contributed by atoms with van der Waals surface area (Å²) in [7, 11) is 1.20. The number of nitrogens with zero attached hydrogens (tertiary/aromatic N) is 1. The summed E-state index contributed by atoms with van der Waals surface area (Å²) < 4.78 is 36.6. The minimum absolute atomic E-state index is 0.0365. The van der Waals surface area contributed by atoms with Crippen LogP contribution in [0.1, 0.15) is 10.5 Å². The summed E-state index contributed by atoms with van der Waals surface area (Å²) in [4.78, 5) is 27.9. The van der Waals surface area contributed by atoms with Crippen molar-refractivity contribution in [2.24, 2.45) is 0 Å². The molecule has 8 heteroatoms. The Balaban J connectivity index is 1.82. The van der Waals surface area contributed by atoms with E-state index in [1.807, 2.05) is 0 Å². The van der Waals surface area contributed by atoms with Crippen molar-refractivity contribution in [1.82, 2.24) is 4.98 Å². The molecule has 0 aliphatic heterocycles. The SMILES string of the molecule is COC(=O)c1cc(OCC(=O)Nc2ccc(F)cc2)c2cc(F)ccc2n1. The lowest BCUT2D eigenvalue weighted by atomic mass is 10.1. The van der Waals surface area contributed by atoms with Crippen molar-refractivity contribution in [3.05, 3.63) is 65.9 Å². The van der Waals surface area contributed by atoms with Crippen LogP contribution in [0.5, 0.6) is 5.75 Å². The Morgan fingerprint density at radius 3 is 2.44 bits per heavy atom. The van der Waals surface area contributed by atoms with Crippen LogP contribution in [0.25, 0.3) is 10.9 Å². The monoisotopic (exact) mass is 372 g/mol. The lowest BCUT2D eigenvalue weighted by molar-refractivity contribution is -0.118. The number of ether oxygens (including phenoxy) is 2. The average molecular weight is 372 g/mol. The third-order valence-corrected chi connectivity index (χ3v) is 3.61. The van der Waals surface area contributed by atoms with Gasteiger partial charge in [-0.2, -0.15) is 0 Å². The molecule has 0 unspecified atom stereocenters. The van der Waals surface area contributed by atoms with E-state index in [0.717, 1.165) is 0 Å². The molecule has 0 spiro atoms. The number of hydrogen-bond donors (Lipinski definition) is 1. The topological polar surface area (TPSA) is 77.5 Å². The first-order chi connectivity index (χ1) is 13.0. The molecule has 0 saturated carbocycles. The van der Waals surface area contributed by atoms with E-state index in [9.17, 15) is 18.4 Å². The number of carbonyl (C=O) groups is 2. The van der Waals surface area contributed by atoms with Crippen LogP contribution in [-0.2, 0) is 9.53 Å². The number of carbonyl (C=O) groups excluding carboxylic acids is 2. The molecule has 0 saturated heterocycles. The number of aromatic nitrogens is 1. The third-order valence-electron chi connectivity index (χ3n) is 3.61. The average Bonchev–Trinajstić information content (AvgIpc) is 2.67. The molecule has 0 fully saturated rings. The number of methoxy groups -OCH3 is 1. The van der Waals surface area contributed by atoms with Gasteiger partial charge in [-0.05, 0) is 42.5 Å². The molecule has 1 N–H and O–H groups in total. The van der Waals surface area contributed by atoms with E-state index >= 15 is 0 Å². The van der Waals surface area contributed by atoms with Crippen LogP contribution < -0.4 is 10.1 Å². The Labute approximate surface area is 152 Å². The highest BCUT2D eigenvalue weighted by Crippen LogP contribution is 2.27. The lowest BCUT2D eigenvalue weighted by Gasteiger charge is -2.11. The van der Waals surface area contributed by atoms with Gasteiger partial charge in [-0.1, -0.05) is 0 Å². The summed E-state index contributed by atoms with van der Waals surface area (Å²) in [6.45, 7) is -0.409. The molecule has 0 atom stereocenters. The zero-order chi connectivity index (χ0) is 19.4. The van der Waals surface area contributed by atoms with Gasteiger partial charge in [0.25, 0.3) is 5.91 Å². The molecule has 6 nitrogen and oxygen atoms in total. The summed E-state index contributed by atoms with van der Waals surface area (Å²) >= 11 is 0. The van der Waals surface area contributed by atoms with Crippen LogP contribution in [0.2, 0.25) is 0 Å². The fourth-order valence-electron chi connectivity index (χ4n) is 2.37. The Morgan fingerprint density at radius 1 is 1.04 bits per heavy atom. The first-order valence-electron chi connectivity index (χ1n) is 7.83. The van der Waals surface area contributed by atoms with Crippen molar-refractivity contribution in [3.63, 3.8) is 0 Å². The molecule has 0 aliphatic carbocycles. The van der Waals surface area contributed by atoms with E-state index in [2.05, 4.69) is 15.0 Å². The van der Waals surface area contributed by atoms with Gasteiger partial charge in [0.15, 0.2) is 12.3 Å². The lowest BCUT2D eigenvalue weighted by Crippen LogP contribution is -2.20. The summed E-state index contributed by atoms with van der Waals surface area (Å²) in [5.74, 6) is -2.04. The second-order valence-electron chi connectivity index (χ2n) is 5.50. The molecule has 0 bridgehead atoms. The number of pyridine rings is 1. The highest BCUT2D eigenvalue weighted by atomic mass is 19.1. The molecule has 2 aromatic carbocycles. The summed E-state index contributed by atoms with van der Waals surface area (Å²) in [5, 5.41) is 2.84. The highest BCUT2D eigenvalue weighted by molar-refractivity contribution is 5.95. The summed E-state index contributed by atoms with van der Waals surface area (Å²) in [6, 6.07) is 10.3. The van der Waals surface area contributed by atoms with Crippen molar-refractivity contribution in [3.8, 4) is 5.75 Å². The Bertz CT molecular complexity index is 1010. The van der Waals surface area contributed by atoms with Crippen LogP contribution in [0.15, 0.2) is 48.5 Å². The van der Waals surface area contributed by atoms with Gasteiger partial charge in [0.2, 0.25) is 0 Å². The Morgan fingerprint density at radius 2 is 1.74 bits per heavy atom. The first-order valence-corrected chi connectivity index (χ1v) is 7.83. The summed E-state index contributed by atoms with van der Waals surface area (Å²) in [5.41, 5.74) is 0.671. The Hall–Kier alpha value is -3.55. The van der Waals surface area contributed by atoms with Crippen molar-refractivity contribution in [1.29, 1.82) is 0 Å². The van der Waals surface area contributed by atoms with Gasteiger partial charge in [0, 0.05) is 17.1 Å². The smallest absolute Gasteiger partial charge is 0.356 e. The van der Waals surface area contributed by atoms with E-state index in [-0.39, 0.29) is 11.4 Å². The molecule has 0 radical (unpaired) electrons. The second-order valence-corrected chi connectivity index (χ2v) is 5.50. The molecule has 1 heterocycles. The largest absolute Gasteiger partial charge is 0.483 e.